The normalized spacial score (nSPS) is 12.5. The SMILES string of the molecule is Cn1c(NCC(O)CO)nc2c1c(=O)n(Cc1ccccc1)c(=O)n2C. The molecule has 0 amide bonds. The number of aromatic nitrogens is 4. The molecule has 138 valence electrons. The molecule has 0 saturated carbocycles. The van der Waals surface area contributed by atoms with Crippen LogP contribution in [-0.4, -0.2) is 48.2 Å². The number of imidazole rings is 1. The summed E-state index contributed by atoms with van der Waals surface area (Å²) in [6.45, 7) is -0.154. The van der Waals surface area contributed by atoms with Crippen LogP contribution in [0.5, 0.6) is 0 Å². The molecule has 0 aliphatic rings. The van der Waals surface area contributed by atoms with Gasteiger partial charge in [0, 0.05) is 20.6 Å². The van der Waals surface area contributed by atoms with Crippen molar-refractivity contribution >= 4 is 17.1 Å². The van der Waals surface area contributed by atoms with Gasteiger partial charge in [0.2, 0.25) is 5.95 Å². The van der Waals surface area contributed by atoms with E-state index < -0.39 is 17.4 Å². The first kappa shape index (κ1) is 17.9. The van der Waals surface area contributed by atoms with Crippen LogP contribution in [0.3, 0.4) is 0 Å². The molecule has 1 atom stereocenters. The molecule has 0 aliphatic carbocycles. The molecule has 0 spiro atoms. The first-order valence-electron chi connectivity index (χ1n) is 8.17. The minimum absolute atomic E-state index is 0.0693. The van der Waals surface area contributed by atoms with E-state index >= 15 is 0 Å². The molecular weight excluding hydrogens is 338 g/mol. The fraction of sp³-hybridized carbons (Fsp3) is 0.353. The molecule has 26 heavy (non-hydrogen) atoms. The van der Waals surface area contributed by atoms with E-state index in [0.717, 1.165) is 5.56 Å². The van der Waals surface area contributed by atoms with E-state index in [-0.39, 0.29) is 30.9 Å². The minimum Gasteiger partial charge on any atom is -0.394 e. The Morgan fingerprint density at radius 3 is 2.50 bits per heavy atom. The number of benzene rings is 1. The van der Waals surface area contributed by atoms with Crippen LogP contribution in [0.2, 0.25) is 0 Å². The van der Waals surface area contributed by atoms with Crippen molar-refractivity contribution in [2.45, 2.75) is 12.6 Å². The molecular formula is C17H21N5O4. The third kappa shape index (κ3) is 3.14. The van der Waals surface area contributed by atoms with Crippen molar-refractivity contribution < 1.29 is 10.2 Å². The zero-order valence-electron chi connectivity index (χ0n) is 14.6. The van der Waals surface area contributed by atoms with Crippen molar-refractivity contribution in [2.24, 2.45) is 14.1 Å². The standard InChI is InChI=1S/C17H21N5O4/c1-20-13-14(19-16(20)18-8-12(24)10-23)21(2)17(26)22(15(13)25)9-11-6-4-3-5-7-11/h3-7,12,23-24H,8-10H2,1-2H3,(H,18,19). The van der Waals surface area contributed by atoms with Gasteiger partial charge >= 0.3 is 5.69 Å². The number of nitrogens with zero attached hydrogens (tertiary/aromatic N) is 4. The molecule has 0 fully saturated rings. The van der Waals surface area contributed by atoms with Gasteiger partial charge in [0.15, 0.2) is 11.2 Å². The Hall–Kier alpha value is -2.91. The highest BCUT2D eigenvalue weighted by atomic mass is 16.3. The first-order valence-corrected chi connectivity index (χ1v) is 8.17. The van der Waals surface area contributed by atoms with Gasteiger partial charge in [-0.3, -0.25) is 13.9 Å². The zero-order valence-corrected chi connectivity index (χ0v) is 14.6. The van der Waals surface area contributed by atoms with Crippen molar-refractivity contribution in [3.63, 3.8) is 0 Å². The predicted octanol–water partition coefficient (Wildman–Crippen LogP) is -0.753. The molecule has 0 radical (unpaired) electrons. The monoisotopic (exact) mass is 359 g/mol. The smallest absolute Gasteiger partial charge is 0.332 e. The molecule has 2 aromatic heterocycles. The molecule has 3 rings (SSSR count). The van der Waals surface area contributed by atoms with Crippen molar-refractivity contribution in [2.75, 3.05) is 18.5 Å². The number of fused-ring (bicyclic) bond motifs is 1. The molecule has 3 N–H and O–H groups in total. The highest BCUT2D eigenvalue weighted by molar-refractivity contribution is 5.74. The summed E-state index contributed by atoms with van der Waals surface area (Å²) in [7, 11) is 3.21. The first-order chi connectivity index (χ1) is 12.4. The van der Waals surface area contributed by atoms with E-state index in [1.54, 1.807) is 18.7 Å². The lowest BCUT2D eigenvalue weighted by atomic mass is 10.2. The molecule has 3 aromatic rings. The number of aliphatic hydroxyl groups excluding tert-OH is 2. The number of aryl methyl sites for hydroxylation is 2. The Morgan fingerprint density at radius 2 is 1.85 bits per heavy atom. The van der Waals surface area contributed by atoms with Gasteiger partial charge in [-0.15, -0.1) is 0 Å². The summed E-state index contributed by atoms with van der Waals surface area (Å²) in [5.41, 5.74) is 0.499. The highest BCUT2D eigenvalue weighted by Crippen LogP contribution is 2.13. The Labute approximate surface area is 148 Å². The highest BCUT2D eigenvalue weighted by Gasteiger charge is 2.18. The lowest BCUT2D eigenvalue weighted by Crippen LogP contribution is -2.39. The lowest BCUT2D eigenvalue weighted by Gasteiger charge is -2.10. The van der Waals surface area contributed by atoms with E-state index in [2.05, 4.69) is 10.3 Å². The Balaban J connectivity index is 2.10. The van der Waals surface area contributed by atoms with Crippen molar-refractivity contribution in [1.82, 2.24) is 18.7 Å². The summed E-state index contributed by atoms with van der Waals surface area (Å²) in [5.74, 6) is 0.331. The van der Waals surface area contributed by atoms with Crippen molar-refractivity contribution in [1.29, 1.82) is 0 Å². The number of rotatable bonds is 6. The summed E-state index contributed by atoms with van der Waals surface area (Å²) in [4.78, 5) is 29.8. The van der Waals surface area contributed by atoms with Gasteiger partial charge in [-0.25, -0.2) is 4.79 Å². The molecule has 2 heterocycles. The topological polar surface area (TPSA) is 114 Å². The summed E-state index contributed by atoms with van der Waals surface area (Å²) >= 11 is 0. The van der Waals surface area contributed by atoms with Crippen LogP contribution in [0.1, 0.15) is 5.56 Å². The number of hydrogen-bond donors (Lipinski definition) is 3. The Kier molecular flexibility index (Phi) is 4.92. The maximum Gasteiger partial charge on any atom is 0.332 e. The quantitative estimate of drug-likeness (QED) is 0.533. The summed E-state index contributed by atoms with van der Waals surface area (Å²) in [5, 5.41) is 21.3. The second-order valence-corrected chi connectivity index (χ2v) is 6.10. The molecule has 0 bridgehead atoms. The van der Waals surface area contributed by atoms with Gasteiger partial charge in [0.1, 0.15) is 0 Å². The molecule has 9 nitrogen and oxygen atoms in total. The third-order valence-corrected chi connectivity index (χ3v) is 4.25. The summed E-state index contributed by atoms with van der Waals surface area (Å²) < 4.78 is 4.04. The van der Waals surface area contributed by atoms with Crippen LogP contribution < -0.4 is 16.6 Å². The molecule has 1 aromatic carbocycles. The molecule has 9 heteroatoms. The summed E-state index contributed by atoms with van der Waals surface area (Å²) in [6, 6.07) is 9.27. The van der Waals surface area contributed by atoms with Gasteiger partial charge in [-0.05, 0) is 5.56 Å². The number of nitrogens with one attached hydrogen (secondary N) is 1. The van der Waals surface area contributed by atoms with E-state index in [1.165, 1.54) is 9.13 Å². The van der Waals surface area contributed by atoms with Crippen molar-refractivity contribution in [3.05, 3.63) is 56.7 Å². The number of hydrogen-bond acceptors (Lipinski definition) is 6. The van der Waals surface area contributed by atoms with Crippen LogP contribution in [0.25, 0.3) is 11.2 Å². The minimum atomic E-state index is -0.951. The predicted molar refractivity (Wildman–Crippen MR) is 97.3 cm³/mol. The fourth-order valence-electron chi connectivity index (χ4n) is 2.78. The Morgan fingerprint density at radius 1 is 1.15 bits per heavy atom. The van der Waals surface area contributed by atoms with Crippen LogP contribution in [0.4, 0.5) is 5.95 Å². The largest absolute Gasteiger partial charge is 0.394 e. The van der Waals surface area contributed by atoms with Crippen LogP contribution >= 0.6 is 0 Å². The van der Waals surface area contributed by atoms with Gasteiger partial charge in [-0.1, -0.05) is 30.3 Å². The molecule has 1 unspecified atom stereocenters. The van der Waals surface area contributed by atoms with E-state index in [9.17, 15) is 14.7 Å². The Bertz CT molecular complexity index is 1040. The molecule has 0 aliphatic heterocycles. The van der Waals surface area contributed by atoms with Crippen molar-refractivity contribution in [3.8, 4) is 0 Å². The second kappa shape index (κ2) is 7.14. The zero-order chi connectivity index (χ0) is 18.8. The summed E-state index contributed by atoms with van der Waals surface area (Å²) in [6.07, 6.45) is -0.951. The molecule has 0 saturated heterocycles. The second-order valence-electron chi connectivity index (χ2n) is 6.10. The third-order valence-electron chi connectivity index (χ3n) is 4.25. The average molecular weight is 359 g/mol. The maximum absolute atomic E-state index is 12.9. The number of aliphatic hydroxyl groups is 2. The van der Waals surface area contributed by atoms with E-state index in [1.807, 2.05) is 30.3 Å². The van der Waals surface area contributed by atoms with Crippen LogP contribution in [-0.2, 0) is 20.6 Å². The van der Waals surface area contributed by atoms with Gasteiger partial charge < -0.3 is 20.1 Å². The van der Waals surface area contributed by atoms with Crippen LogP contribution in [0, 0.1) is 0 Å². The maximum atomic E-state index is 12.9. The lowest BCUT2D eigenvalue weighted by molar-refractivity contribution is 0.105. The van der Waals surface area contributed by atoms with Gasteiger partial charge in [0.25, 0.3) is 5.56 Å². The number of anilines is 1. The van der Waals surface area contributed by atoms with Gasteiger partial charge in [-0.2, -0.15) is 4.98 Å². The van der Waals surface area contributed by atoms with E-state index in [0.29, 0.717) is 5.95 Å². The van der Waals surface area contributed by atoms with Crippen LogP contribution in [0.15, 0.2) is 39.9 Å². The van der Waals surface area contributed by atoms with Gasteiger partial charge in [0.05, 0.1) is 19.3 Å². The van der Waals surface area contributed by atoms with E-state index in [4.69, 9.17) is 5.11 Å². The average Bonchev–Trinajstić information content (AvgIpc) is 2.99. The fourth-order valence-corrected chi connectivity index (χ4v) is 2.78.